The van der Waals surface area contributed by atoms with Crippen molar-refractivity contribution in [3.63, 3.8) is 0 Å². The second-order valence-corrected chi connectivity index (χ2v) is 7.68. The van der Waals surface area contributed by atoms with Gasteiger partial charge in [-0.15, -0.1) is 0 Å². The van der Waals surface area contributed by atoms with Gasteiger partial charge in [0.05, 0.1) is 0 Å². The van der Waals surface area contributed by atoms with E-state index in [0.29, 0.717) is 5.92 Å². The third kappa shape index (κ3) is 5.73. The first-order valence-corrected chi connectivity index (χ1v) is 10.1. The fraction of sp³-hybridized carbons (Fsp3) is 0.435. The predicted octanol–water partition coefficient (Wildman–Crippen LogP) is 4.06. The van der Waals surface area contributed by atoms with E-state index >= 15 is 0 Å². The molecule has 1 saturated heterocycles. The summed E-state index contributed by atoms with van der Waals surface area (Å²) in [5, 5.41) is 2.95. The minimum atomic E-state index is -0.375. The van der Waals surface area contributed by atoms with Crippen LogP contribution in [-0.2, 0) is 6.54 Å². The molecule has 5 nitrogen and oxygen atoms in total. The number of benzene rings is 2. The van der Waals surface area contributed by atoms with E-state index in [1.54, 1.807) is 0 Å². The average Bonchev–Trinajstić information content (AvgIpc) is 2.69. The molecule has 28 heavy (non-hydrogen) atoms. The lowest BCUT2D eigenvalue weighted by Crippen LogP contribution is -2.53. The van der Waals surface area contributed by atoms with Gasteiger partial charge in [0.15, 0.2) is 6.23 Å². The number of hydrogen-bond donors (Lipinski definition) is 1. The van der Waals surface area contributed by atoms with E-state index in [1.165, 1.54) is 11.1 Å². The lowest BCUT2D eigenvalue weighted by molar-refractivity contribution is 0.118. The van der Waals surface area contributed by atoms with Crippen LogP contribution in [0.15, 0.2) is 54.6 Å². The first-order valence-electron chi connectivity index (χ1n) is 10.1. The van der Waals surface area contributed by atoms with Gasteiger partial charge < -0.3 is 15.0 Å². The smallest absolute Gasteiger partial charge is 0.320 e. The molecule has 1 heterocycles. The SMILES string of the molecule is CC(NC(=O)N1CCN(Cc2ccccc2)CC1)Oc1ccc(C(C)C)cc1. The zero-order chi connectivity index (χ0) is 19.9. The molecule has 150 valence electrons. The Labute approximate surface area is 168 Å². The highest BCUT2D eigenvalue weighted by molar-refractivity contribution is 5.74. The van der Waals surface area contributed by atoms with Gasteiger partial charge in [0.1, 0.15) is 5.75 Å². The highest BCUT2D eigenvalue weighted by Crippen LogP contribution is 2.19. The van der Waals surface area contributed by atoms with Crippen molar-refractivity contribution in [1.82, 2.24) is 15.1 Å². The van der Waals surface area contributed by atoms with Crippen LogP contribution in [0.1, 0.15) is 37.8 Å². The molecule has 1 atom stereocenters. The van der Waals surface area contributed by atoms with E-state index in [-0.39, 0.29) is 12.3 Å². The Morgan fingerprint density at radius 3 is 2.21 bits per heavy atom. The van der Waals surface area contributed by atoms with Crippen molar-refractivity contribution in [2.24, 2.45) is 0 Å². The number of piperazine rings is 1. The summed E-state index contributed by atoms with van der Waals surface area (Å²) in [6.07, 6.45) is -0.375. The molecule has 0 aliphatic carbocycles. The standard InChI is InChI=1S/C23H31N3O2/c1-18(2)21-9-11-22(12-10-21)28-19(3)24-23(27)26-15-13-25(14-16-26)17-20-7-5-4-6-8-20/h4-12,18-19H,13-17H2,1-3H3,(H,24,27). The second-order valence-electron chi connectivity index (χ2n) is 7.68. The fourth-order valence-corrected chi connectivity index (χ4v) is 3.38. The van der Waals surface area contributed by atoms with Crippen LogP contribution < -0.4 is 10.1 Å². The fourth-order valence-electron chi connectivity index (χ4n) is 3.38. The third-order valence-electron chi connectivity index (χ3n) is 5.09. The van der Waals surface area contributed by atoms with Crippen LogP contribution in [0.5, 0.6) is 5.75 Å². The Hall–Kier alpha value is -2.53. The Morgan fingerprint density at radius 1 is 0.964 bits per heavy atom. The molecular formula is C23H31N3O2. The molecule has 1 fully saturated rings. The molecule has 5 heteroatoms. The molecule has 2 aromatic carbocycles. The van der Waals surface area contributed by atoms with Crippen molar-refractivity contribution in [1.29, 1.82) is 0 Å². The van der Waals surface area contributed by atoms with Crippen molar-refractivity contribution in [3.05, 3.63) is 65.7 Å². The Kier molecular flexibility index (Phi) is 6.93. The molecule has 0 bridgehead atoms. The van der Waals surface area contributed by atoms with Gasteiger partial charge in [0.2, 0.25) is 0 Å². The third-order valence-corrected chi connectivity index (χ3v) is 5.09. The van der Waals surface area contributed by atoms with Gasteiger partial charge in [-0.25, -0.2) is 4.79 Å². The van der Waals surface area contributed by atoms with Gasteiger partial charge in [-0.3, -0.25) is 4.90 Å². The van der Waals surface area contributed by atoms with E-state index in [2.05, 4.69) is 60.5 Å². The van der Waals surface area contributed by atoms with Gasteiger partial charge in [-0.05, 0) is 36.1 Å². The van der Waals surface area contributed by atoms with E-state index in [0.717, 1.165) is 38.5 Å². The summed E-state index contributed by atoms with van der Waals surface area (Å²) in [4.78, 5) is 16.8. The average molecular weight is 382 g/mol. The molecule has 1 N–H and O–H groups in total. The molecule has 3 rings (SSSR count). The molecular weight excluding hydrogens is 350 g/mol. The summed E-state index contributed by atoms with van der Waals surface area (Å²) >= 11 is 0. The molecule has 2 aromatic rings. The maximum absolute atomic E-state index is 12.5. The van der Waals surface area contributed by atoms with Crippen molar-refractivity contribution >= 4 is 6.03 Å². The summed E-state index contributed by atoms with van der Waals surface area (Å²) in [6.45, 7) is 10.4. The number of ether oxygens (including phenoxy) is 1. The van der Waals surface area contributed by atoms with Gasteiger partial charge in [0, 0.05) is 32.7 Å². The van der Waals surface area contributed by atoms with Gasteiger partial charge in [0.25, 0.3) is 0 Å². The van der Waals surface area contributed by atoms with Crippen LogP contribution in [0.4, 0.5) is 4.79 Å². The van der Waals surface area contributed by atoms with Gasteiger partial charge in [-0.2, -0.15) is 0 Å². The molecule has 0 aromatic heterocycles. The zero-order valence-electron chi connectivity index (χ0n) is 17.1. The lowest BCUT2D eigenvalue weighted by Gasteiger charge is -2.35. The summed E-state index contributed by atoms with van der Waals surface area (Å²) in [5.41, 5.74) is 2.59. The number of urea groups is 1. The van der Waals surface area contributed by atoms with Crippen LogP contribution in [0.25, 0.3) is 0 Å². The van der Waals surface area contributed by atoms with Gasteiger partial charge in [-0.1, -0.05) is 56.3 Å². The molecule has 1 aliphatic rings. The maximum Gasteiger partial charge on any atom is 0.320 e. The molecule has 1 unspecified atom stereocenters. The minimum absolute atomic E-state index is 0.0642. The zero-order valence-corrected chi connectivity index (χ0v) is 17.1. The molecule has 1 aliphatic heterocycles. The first kappa shape index (κ1) is 20.2. The number of nitrogens with zero attached hydrogens (tertiary/aromatic N) is 2. The van der Waals surface area contributed by atoms with E-state index < -0.39 is 0 Å². The van der Waals surface area contributed by atoms with E-state index in [1.807, 2.05) is 30.0 Å². The number of rotatable bonds is 6. The number of amides is 2. The molecule has 0 spiro atoms. The number of carbonyl (C=O) groups excluding carboxylic acids is 1. The topological polar surface area (TPSA) is 44.8 Å². The second kappa shape index (κ2) is 9.60. The van der Waals surface area contributed by atoms with Crippen LogP contribution >= 0.6 is 0 Å². The molecule has 0 radical (unpaired) electrons. The van der Waals surface area contributed by atoms with Gasteiger partial charge >= 0.3 is 6.03 Å². The maximum atomic E-state index is 12.5. The normalized spacial score (nSPS) is 16.1. The number of carbonyl (C=O) groups is 1. The monoisotopic (exact) mass is 381 g/mol. The Balaban J connectivity index is 1.42. The van der Waals surface area contributed by atoms with Crippen molar-refractivity contribution in [3.8, 4) is 5.75 Å². The summed E-state index contributed by atoms with van der Waals surface area (Å²) < 4.78 is 5.84. The Bertz CT molecular complexity index is 738. The largest absolute Gasteiger partial charge is 0.471 e. The lowest BCUT2D eigenvalue weighted by atomic mass is 10.0. The van der Waals surface area contributed by atoms with E-state index in [9.17, 15) is 4.79 Å². The Morgan fingerprint density at radius 2 is 1.61 bits per heavy atom. The highest BCUT2D eigenvalue weighted by Gasteiger charge is 2.22. The summed E-state index contributed by atoms with van der Waals surface area (Å²) in [5.74, 6) is 1.26. The quantitative estimate of drug-likeness (QED) is 0.768. The number of nitrogens with one attached hydrogen (secondary N) is 1. The van der Waals surface area contributed by atoms with Crippen molar-refractivity contribution in [2.75, 3.05) is 26.2 Å². The molecule has 0 saturated carbocycles. The molecule has 2 amide bonds. The van der Waals surface area contributed by atoms with Crippen LogP contribution in [0.3, 0.4) is 0 Å². The highest BCUT2D eigenvalue weighted by atomic mass is 16.5. The van der Waals surface area contributed by atoms with Crippen molar-refractivity contribution < 1.29 is 9.53 Å². The predicted molar refractivity (Wildman–Crippen MR) is 112 cm³/mol. The number of hydrogen-bond acceptors (Lipinski definition) is 3. The van der Waals surface area contributed by atoms with Crippen LogP contribution in [0, 0.1) is 0 Å². The summed E-state index contributed by atoms with van der Waals surface area (Å²) in [6, 6.07) is 18.5. The summed E-state index contributed by atoms with van der Waals surface area (Å²) in [7, 11) is 0. The van der Waals surface area contributed by atoms with E-state index in [4.69, 9.17) is 4.74 Å². The van der Waals surface area contributed by atoms with Crippen molar-refractivity contribution in [2.45, 2.75) is 39.5 Å². The minimum Gasteiger partial charge on any atom is -0.471 e. The van der Waals surface area contributed by atoms with Crippen LogP contribution in [0.2, 0.25) is 0 Å². The first-order chi connectivity index (χ1) is 13.5. The van der Waals surface area contributed by atoms with Crippen LogP contribution in [-0.4, -0.2) is 48.2 Å².